The third-order valence-electron chi connectivity index (χ3n) is 5.82. The highest BCUT2D eigenvalue weighted by Gasteiger charge is 2.31. The molecule has 0 amide bonds. The van der Waals surface area contributed by atoms with Gasteiger partial charge in [0.05, 0.1) is 25.0 Å². The number of carbonyl (C=O) groups excluding carboxylic acids is 2. The number of esters is 2. The molecule has 158 valence electrons. The molecule has 0 heterocycles. The van der Waals surface area contributed by atoms with Crippen molar-refractivity contribution in [3.63, 3.8) is 0 Å². The van der Waals surface area contributed by atoms with Crippen molar-refractivity contribution in [1.29, 1.82) is 0 Å². The summed E-state index contributed by atoms with van der Waals surface area (Å²) < 4.78 is 11.0. The topological polar surface area (TPSA) is 52.6 Å². The highest BCUT2D eigenvalue weighted by Crippen LogP contribution is 2.30. The van der Waals surface area contributed by atoms with Gasteiger partial charge in [-0.05, 0) is 56.8 Å². The molecule has 0 radical (unpaired) electrons. The Labute approximate surface area is 166 Å². The molecule has 27 heavy (non-hydrogen) atoms. The average molecular weight is 383 g/mol. The largest absolute Gasteiger partial charge is 0.465 e. The summed E-state index contributed by atoms with van der Waals surface area (Å²) in [5.41, 5.74) is 0. The standard InChI is InChI=1S/C23H42O4/c1-5-7-11-19(6-2)17-27-23(25)21-14-12-20(13-15-21)22(24)26-16-9-8-10-18(3)4/h18-21H,5-17H2,1-4H3. The van der Waals surface area contributed by atoms with Crippen LogP contribution in [0.3, 0.4) is 0 Å². The van der Waals surface area contributed by atoms with Gasteiger partial charge in [0.2, 0.25) is 0 Å². The Bertz CT molecular complexity index is 411. The Balaban J connectivity index is 2.20. The van der Waals surface area contributed by atoms with Crippen molar-refractivity contribution in [3.8, 4) is 0 Å². The first-order chi connectivity index (χ1) is 13.0. The van der Waals surface area contributed by atoms with Crippen molar-refractivity contribution < 1.29 is 19.1 Å². The van der Waals surface area contributed by atoms with Gasteiger partial charge in [-0.1, -0.05) is 53.4 Å². The fraction of sp³-hybridized carbons (Fsp3) is 0.913. The minimum atomic E-state index is -0.0722. The summed E-state index contributed by atoms with van der Waals surface area (Å²) in [6, 6.07) is 0. The summed E-state index contributed by atoms with van der Waals surface area (Å²) in [4.78, 5) is 24.5. The van der Waals surface area contributed by atoms with E-state index < -0.39 is 0 Å². The first-order valence-corrected chi connectivity index (χ1v) is 11.3. The molecule has 1 unspecified atom stereocenters. The van der Waals surface area contributed by atoms with Gasteiger partial charge in [-0.2, -0.15) is 0 Å². The molecule has 0 N–H and O–H groups in total. The van der Waals surface area contributed by atoms with E-state index in [4.69, 9.17) is 9.47 Å². The molecule has 1 aliphatic rings. The highest BCUT2D eigenvalue weighted by molar-refractivity contribution is 5.75. The molecule has 1 fully saturated rings. The van der Waals surface area contributed by atoms with Crippen molar-refractivity contribution in [3.05, 3.63) is 0 Å². The number of unbranched alkanes of at least 4 members (excludes halogenated alkanes) is 2. The maximum absolute atomic E-state index is 12.3. The first-order valence-electron chi connectivity index (χ1n) is 11.3. The number of ether oxygens (including phenoxy) is 2. The summed E-state index contributed by atoms with van der Waals surface area (Å²) in [6.45, 7) is 9.85. The maximum Gasteiger partial charge on any atom is 0.308 e. The van der Waals surface area contributed by atoms with Crippen molar-refractivity contribution in [2.45, 2.75) is 98.3 Å². The Kier molecular flexibility index (Phi) is 12.4. The van der Waals surface area contributed by atoms with Crippen LogP contribution in [0, 0.1) is 23.7 Å². The van der Waals surface area contributed by atoms with Crippen LogP contribution in [-0.2, 0) is 19.1 Å². The molecule has 0 aromatic rings. The molecular formula is C23H42O4. The van der Waals surface area contributed by atoms with E-state index in [0.29, 0.717) is 25.0 Å². The average Bonchev–Trinajstić information content (AvgIpc) is 2.67. The summed E-state index contributed by atoms with van der Waals surface area (Å²) in [5, 5.41) is 0. The molecule has 1 saturated carbocycles. The highest BCUT2D eigenvalue weighted by atomic mass is 16.5. The monoisotopic (exact) mass is 382 g/mol. The van der Waals surface area contributed by atoms with Crippen molar-refractivity contribution in [2.24, 2.45) is 23.7 Å². The summed E-state index contributed by atoms with van der Waals surface area (Å²) in [5.74, 6) is 0.976. The second kappa shape index (κ2) is 14.0. The van der Waals surface area contributed by atoms with Crippen molar-refractivity contribution in [1.82, 2.24) is 0 Å². The summed E-state index contributed by atoms with van der Waals surface area (Å²) in [6.07, 6.45) is 10.8. The van der Waals surface area contributed by atoms with Gasteiger partial charge in [-0.15, -0.1) is 0 Å². The molecule has 1 aliphatic carbocycles. The van der Waals surface area contributed by atoms with E-state index in [2.05, 4.69) is 27.7 Å². The molecule has 0 aromatic carbocycles. The summed E-state index contributed by atoms with van der Waals surface area (Å²) >= 11 is 0. The van der Waals surface area contributed by atoms with Crippen LogP contribution in [0.4, 0.5) is 0 Å². The zero-order valence-corrected chi connectivity index (χ0v) is 18.1. The van der Waals surface area contributed by atoms with E-state index in [9.17, 15) is 9.59 Å². The number of hydrogen-bond donors (Lipinski definition) is 0. The van der Waals surface area contributed by atoms with Crippen LogP contribution >= 0.6 is 0 Å². The predicted molar refractivity (Wildman–Crippen MR) is 109 cm³/mol. The molecular weight excluding hydrogens is 340 g/mol. The maximum atomic E-state index is 12.3. The number of rotatable bonds is 13. The second-order valence-corrected chi connectivity index (χ2v) is 8.65. The van der Waals surface area contributed by atoms with Crippen LogP contribution in [0.1, 0.15) is 98.3 Å². The van der Waals surface area contributed by atoms with Gasteiger partial charge in [0.25, 0.3) is 0 Å². The van der Waals surface area contributed by atoms with Crippen LogP contribution in [-0.4, -0.2) is 25.2 Å². The lowest BCUT2D eigenvalue weighted by Gasteiger charge is -2.26. The lowest BCUT2D eigenvalue weighted by atomic mass is 9.82. The van der Waals surface area contributed by atoms with E-state index in [1.54, 1.807) is 0 Å². The Morgan fingerprint density at radius 1 is 0.852 bits per heavy atom. The smallest absolute Gasteiger partial charge is 0.308 e. The Morgan fingerprint density at radius 2 is 1.44 bits per heavy atom. The normalized spacial score (nSPS) is 21.1. The SMILES string of the molecule is CCCCC(CC)COC(=O)C1CCC(C(=O)OCCCCC(C)C)CC1. The molecule has 0 spiro atoms. The quantitative estimate of drug-likeness (QED) is 0.293. The van der Waals surface area contributed by atoms with E-state index >= 15 is 0 Å². The van der Waals surface area contributed by atoms with Crippen LogP contribution < -0.4 is 0 Å². The minimum Gasteiger partial charge on any atom is -0.465 e. The Hall–Kier alpha value is -1.06. The predicted octanol–water partition coefficient (Wildman–Crippen LogP) is 5.92. The van der Waals surface area contributed by atoms with E-state index in [1.807, 2.05) is 0 Å². The lowest BCUT2D eigenvalue weighted by molar-refractivity contribution is -0.156. The molecule has 1 atom stereocenters. The van der Waals surface area contributed by atoms with E-state index in [-0.39, 0.29) is 23.8 Å². The van der Waals surface area contributed by atoms with Gasteiger partial charge in [-0.25, -0.2) is 0 Å². The van der Waals surface area contributed by atoms with Crippen LogP contribution in [0.2, 0.25) is 0 Å². The van der Waals surface area contributed by atoms with Crippen LogP contribution in [0.5, 0.6) is 0 Å². The van der Waals surface area contributed by atoms with Crippen LogP contribution in [0.15, 0.2) is 0 Å². The zero-order chi connectivity index (χ0) is 20.1. The molecule has 0 aromatic heterocycles. The lowest BCUT2D eigenvalue weighted by Crippen LogP contribution is -2.29. The fourth-order valence-electron chi connectivity index (χ4n) is 3.73. The van der Waals surface area contributed by atoms with Gasteiger partial charge in [0.15, 0.2) is 0 Å². The van der Waals surface area contributed by atoms with Gasteiger partial charge in [0, 0.05) is 0 Å². The van der Waals surface area contributed by atoms with Crippen LogP contribution in [0.25, 0.3) is 0 Å². The molecule has 4 nitrogen and oxygen atoms in total. The molecule has 0 aliphatic heterocycles. The number of hydrogen-bond acceptors (Lipinski definition) is 4. The van der Waals surface area contributed by atoms with Gasteiger partial charge in [0.1, 0.15) is 0 Å². The fourth-order valence-corrected chi connectivity index (χ4v) is 3.73. The van der Waals surface area contributed by atoms with Gasteiger partial charge >= 0.3 is 11.9 Å². The zero-order valence-electron chi connectivity index (χ0n) is 18.1. The van der Waals surface area contributed by atoms with Gasteiger partial charge < -0.3 is 9.47 Å². The Morgan fingerprint density at radius 3 is 1.96 bits per heavy atom. The minimum absolute atomic E-state index is 0.0351. The second-order valence-electron chi connectivity index (χ2n) is 8.65. The third-order valence-corrected chi connectivity index (χ3v) is 5.82. The third kappa shape index (κ3) is 10.2. The van der Waals surface area contributed by atoms with E-state index in [1.165, 1.54) is 19.3 Å². The molecule has 0 saturated heterocycles. The molecule has 0 bridgehead atoms. The number of carbonyl (C=O) groups is 2. The van der Waals surface area contributed by atoms with Crippen molar-refractivity contribution >= 4 is 11.9 Å². The van der Waals surface area contributed by atoms with Gasteiger partial charge in [-0.3, -0.25) is 9.59 Å². The van der Waals surface area contributed by atoms with Crippen molar-refractivity contribution in [2.75, 3.05) is 13.2 Å². The summed E-state index contributed by atoms with van der Waals surface area (Å²) in [7, 11) is 0. The molecule has 4 heteroatoms. The molecule has 1 rings (SSSR count). The first kappa shape index (κ1) is 24.0. The van der Waals surface area contributed by atoms with E-state index in [0.717, 1.165) is 51.4 Å².